The first-order valence-electron chi connectivity index (χ1n) is 11.6. The second kappa shape index (κ2) is 7.44. The normalized spacial score (nSPS) is 35.7. The predicted molar refractivity (Wildman–Crippen MR) is 124 cm³/mol. The lowest BCUT2D eigenvalue weighted by atomic mass is 9.50. The van der Waals surface area contributed by atoms with Gasteiger partial charge in [0.1, 0.15) is 11.4 Å². The Kier molecular flexibility index (Phi) is 4.68. The molecule has 1 unspecified atom stereocenters. The summed E-state index contributed by atoms with van der Waals surface area (Å²) in [4.78, 5) is 15.4. The minimum Gasteiger partial charge on any atom is -0.482 e. The van der Waals surface area contributed by atoms with Crippen LogP contribution in [0, 0.1) is 23.7 Å². The van der Waals surface area contributed by atoms with Crippen molar-refractivity contribution in [1.29, 1.82) is 0 Å². The van der Waals surface area contributed by atoms with Crippen LogP contribution >= 0.6 is 10.9 Å². The van der Waals surface area contributed by atoms with E-state index in [1.54, 1.807) is 0 Å². The SMILES string of the molecule is CC1(OC(=O)COc2ccc([SH]3C=Cc4ccccc43)cc2)C2CC3CC(C2)CC1C3. The van der Waals surface area contributed by atoms with E-state index in [1.165, 1.54) is 47.5 Å². The van der Waals surface area contributed by atoms with E-state index in [-0.39, 0.29) is 18.2 Å². The van der Waals surface area contributed by atoms with Crippen LogP contribution < -0.4 is 4.74 Å². The van der Waals surface area contributed by atoms with Crippen LogP contribution in [-0.4, -0.2) is 18.2 Å². The molecule has 4 fully saturated rings. The molecule has 2 aromatic rings. The predicted octanol–water partition coefficient (Wildman–Crippen LogP) is 6.23. The average molecular weight is 435 g/mol. The topological polar surface area (TPSA) is 35.5 Å². The van der Waals surface area contributed by atoms with Gasteiger partial charge in [-0.15, -0.1) is 0 Å². The van der Waals surface area contributed by atoms with Crippen molar-refractivity contribution in [3.8, 4) is 5.75 Å². The third kappa shape index (κ3) is 3.40. The molecule has 4 bridgehead atoms. The molecule has 0 N–H and O–H groups in total. The second-order valence-electron chi connectivity index (χ2n) is 9.99. The van der Waals surface area contributed by atoms with Gasteiger partial charge in [-0.2, -0.15) is 10.9 Å². The number of thiol groups is 1. The van der Waals surface area contributed by atoms with E-state index in [2.05, 4.69) is 54.8 Å². The van der Waals surface area contributed by atoms with Crippen molar-refractivity contribution in [2.75, 3.05) is 6.61 Å². The minimum absolute atomic E-state index is 0.0151. The monoisotopic (exact) mass is 434 g/mol. The van der Waals surface area contributed by atoms with Gasteiger partial charge in [-0.1, -0.05) is 18.2 Å². The Hall–Kier alpha value is -2.20. The van der Waals surface area contributed by atoms with Gasteiger partial charge in [0, 0.05) is 4.90 Å². The summed E-state index contributed by atoms with van der Waals surface area (Å²) < 4.78 is 11.9. The van der Waals surface area contributed by atoms with E-state index in [1.807, 2.05) is 12.1 Å². The van der Waals surface area contributed by atoms with Crippen LogP contribution in [0.4, 0.5) is 0 Å². The fraction of sp³-hybridized carbons (Fsp3) is 0.444. The number of esters is 1. The molecule has 4 aliphatic carbocycles. The van der Waals surface area contributed by atoms with Crippen molar-refractivity contribution < 1.29 is 14.3 Å². The first-order chi connectivity index (χ1) is 15.1. The van der Waals surface area contributed by atoms with Crippen molar-refractivity contribution >= 4 is 22.9 Å². The molecule has 3 nitrogen and oxygen atoms in total. The number of rotatable bonds is 5. The Morgan fingerprint density at radius 3 is 2.35 bits per heavy atom. The van der Waals surface area contributed by atoms with Crippen molar-refractivity contribution in [2.24, 2.45) is 23.7 Å². The molecule has 162 valence electrons. The number of ether oxygens (including phenoxy) is 2. The maximum absolute atomic E-state index is 12.7. The maximum atomic E-state index is 12.7. The van der Waals surface area contributed by atoms with E-state index in [4.69, 9.17) is 9.47 Å². The van der Waals surface area contributed by atoms with Gasteiger partial charge in [0.2, 0.25) is 0 Å². The summed E-state index contributed by atoms with van der Waals surface area (Å²) in [6.45, 7) is 2.17. The average Bonchev–Trinajstić information content (AvgIpc) is 3.20. The molecule has 7 rings (SSSR count). The smallest absolute Gasteiger partial charge is 0.344 e. The van der Waals surface area contributed by atoms with Crippen LogP contribution in [0.5, 0.6) is 5.75 Å². The Morgan fingerprint density at radius 2 is 1.65 bits per heavy atom. The van der Waals surface area contributed by atoms with Crippen molar-refractivity contribution in [1.82, 2.24) is 0 Å². The molecule has 1 aliphatic heterocycles. The van der Waals surface area contributed by atoms with Gasteiger partial charge in [-0.05, 0) is 115 Å². The molecule has 1 heterocycles. The van der Waals surface area contributed by atoms with Crippen LogP contribution in [0.2, 0.25) is 0 Å². The highest BCUT2D eigenvalue weighted by Gasteiger charge is 2.57. The molecule has 4 heteroatoms. The third-order valence-corrected chi connectivity index (χ3v) is 10.4. The van der Waals surface area contributed by atoms with Crippen LogP contribution in [0.3, 0.4) is 0 Å². The quantitative estimate of drug-likeness (QED) is 0.448. The summed E-state index contributed by atoms with van der Waals surface area (Å²) in [6.07, 6.45) is 8.56. The zero-order chi connectivity index (χ0) is 21.0. The zero-order valence-electron chi connectivity index (χ0n) is 18.0. The van der Waals surface area contributed by atoms with E-state index in [0.29, 0.717) is 11.8 Å². The Labute approximate surface area is 187 Å². The molecule has 0 radical (unpaired) electrons. The number of benzene rings is 2. The highest BCUT2D eigenvalue weighted by molar-refractivity contribution is 8.20. The standard InChI is InChI=1S/C27H30O3S/c1-27(21-13-18-12-19(15-21)16-22(27)14-18)30-26(28)17-29-23-6-8-24(9-7-23)31-11-10-20-4-2-3-5-25(20)31/h2-11,18-19,21-22,31H,12-17H2,1H3. The lowest BCUT2D eigenvalue weighted by Gasteiger charge is -2.59. The first kappa shape index (κ1) is 19.5. The van der Waals surface area contributed by atoms with Crippen molar-refractivity contribution in [2.45, 2.75) is 54.4 Å². The molecule has 0 amide bonds. The molecule has 5 aliphatic rings. The van der Waals surface area contributed by atoms with Gasteiger partial charge in [-0.25, -0.2) is 4.79 Å². The van der Waals surface area contributed by atoms with E-state index in [0.717, 1.165) is 17.6 Å². The molecule has 0 saturated heterocycles. The number of carbonyl (C=O) groups excluding carboxylic acids is 1. The fourth-order valence-electron chi connectivity index (χ4n) is 6.71. The van der Waals surface area contributed by atoms with Gasteiger partial charge < -0.3 is 9.47 Å². The van der Waals surface area contributed by atoms with Gasteiger partial charge in [0.25, 0.3) is 0 Å². The summed E-state index contributed by atoms with van der Waals surface area (Å²) >= 11 is 0. The van der Waals surface area contributed by atoms with Crippen LogP contribution in [-0.2, 0) is 9.53 Å². The second-order valence-corrected chi connectivity index (χ2v) is 12.0. The van der Waals surface area contributed by atoms with Crippen LogP contribution in [0.1, 0.15) is 44.6 Å². The molecule has 4 saturated carbocycles. The van der Waals surface area contributed by atoms with Gasteiger partial charge in [0.05, 0.1) is 0 Å². The summed E-state index contributed by atoms with van der Waals surface area (Å²) in [6, 6.07) is 16.8. The maximum Gasteiger partial charge on any atom is 0.344 e. The molecule has 0 spiro atoms. The Balaban J connectivity index is 1.07. The molecule has 31 heavy (non-hydrogen) atoms. The lowest BCUT2D eigenvalue weighted by Crippen LogP contribution is -2.58. The van der Waals surface area contributed by atoms with Gasteiger partial charge >= 0.3 is 5.97 Å². The van der Waals surface area contributed by atoms with E-state index >= 15 is 0 Å². The number of fused-ring (bicyclic) bond motifs is 1. The molecular formula is C27H30O3S. The molecule has 0 aromatic heterocycles. The first-order valence-corrected chi connectivity index (χ1v) is 13.0. The number of carbonyl (C=O) groups is 1. The lowest BCUT2D eigenvalue weighted by molar-refractivity contribution is -0.204. The Bertz CT molecular complexity index is 997. The summed E-state index contributed by atoms with van der Waals surface area (Å²) in [5.41, 5.74) is 1.03. The van der Waals surface area contributed by atoms with Crippen LogP contribution in [0.15, 0.2) is 63.7 Å². The highest BCUT2D eigenvalue weighted by atomic mass is 32.2. The Morgan fingerprint density at radius 1 is 0.968 bits per heavy atom. The van der Waals surface area contributed by atoms with Crippen LogP contribution in [0.25, 0.3) is 6.08 Å². The van der Waals surface area contributed by atoms with E-state index in [9.17, 15) is 4.79 Å². The fourth-order valence-corrected chi connectivity index (χ4v) is 8.78. The summed E-state index contributed by atoms with van der Waals surface area (Å²) in [5, 5.41) is 2.30. The summed E-state index contributed by atoms with van der Waals surface area (Å²) in [5.74, 6) is 3.31. The highest BCUT2D eigenvalue weighted by Crippen LogP contribution is 2.59. The van der Waals surface area contributed by atoms with E-state index < -0.39 is 10.9 Å². The largest absolute Gasteiger partial charge is 0.482 e. The van der Waals surface area contributed by atoms with Gasteiger partial charge in [0.15, 0.2) is 6.61 Å². The van der Waals surface area contributed by atoms with Gasteiger partial charge in [-0.3, -0.25) is 0 Å². The van der Waals surface area contributed by atoms with Crippen molar-refractivity contribution in [3.05, 3.63) is 59.5 Å². The zero-order valence-corrected chi connectivity index (χ0v) is 18.9. The van der Waals surface area contributed by atoms with Crippen molar-refractivity contribution in [3.63, 3.8) is 0 Å². The molecule has 1 atom stereocenters. The number of hydrogen-bond acceptors (Lipinski definition) is 3. The third-order valence-electron chi connectivity index (χ3n) is 8.16. The molecular weight excluding hydrogens is 404 g/mol. The number of hydrogen-bond donors (Lipinski definition) is 1. The summed E-state index contributed by atoms with van der Waals surface area (Å²) in [7, 11) is -0.443. The minimum atomic E-state index is -0.443. The molecule has 2 aromatic carbocycles.